The molecule has 0 saturated heterocycles. The highest BCUT2D eigenvalue weighted by molar-refractivity contribution is 7.88. The zero-order valence-electron chi connectivity index (χ0n) is 9.29. The van der Waals surface area contributed by atoms with Crippen LogP contribution in [0.1, 0.15) is 19.2 Å². The first-order valence-electron chi connectivity index (χ1n) is 4.86. The molecular weight excluding hydrogens is 230 g/mol. The molecule has 16 heavy (non-hydrogen) atoms. The summed E-state index contributed by atoms with van der Waals surface area (Å²) in [5, 5.41) is 11.7. The van der Waals surface area contributed by atoms with Crippen molar-refractivity contribution in [3.63, 3.8) is 0 Å². The number of nitrogens with zero attached hydrogens (tertiary/aromatic N) is 4. The lowest BCUT2D eigenvalue weighted by Gasteiger charge is -2.00. The second-order valence-corrected chi connectivity index (χ2v) is 5.10. The molecule has 0 aliphatic heterocycles. The summed E-state index contributed by atoms with van der Waals surface area (Å²) in [4.78, 5) is 1.44. The molecule has 0 spiro atoms. The quantitative estimate of drug-likeness (QED) is 0.692. The molecule has 8 heteroatoms. The zero-order valence-corrected chi connectivity index (χ0v) is 10.1. The van der Waals surface area contributed by atoms with E-state index in [4.69, 9.17) is 0 Å². The van der Waals surface area contributed by atoms with Crippen LogP contribution in [0.25, 0.3) is 6.08 Å². The number of sulfonamides is 1. The Morgan fingerprint density at radius 1 is 1.50 bits per heavy atom. The first-order chi connectivity index (χ1) is 7.51. The van der Waals surface area contributed by atoms with Crippen LogP contribution in [-0.2, 0) is 16.6 Å². The van der Waals surface area contributed by atoms with Gasteiger partial charge in [-0.05, 0) is 24.6 Å². The molecule has 1 rings (SSSR count). The summed E-state index contributed by atoms with van der Waals surface area (Å²) in [5.41, 5.74) is 0. The van der Waals surface area contributed by atoms with E-state index < -0.39 is 10.0 Å². The van der Waals surface area contributed by atoms with E-state index in [-0.39, 0.29) is 0 Å². The Morgan fingerprint density at radius 3 is 2.88 bits per heavy atom. The SMILES string of the molecule is C/C=C/c1nnn(CCCNS(C)(=O)=O)n1. The van der Waals surface area contributed by atoms with Gasteiger partial charge in [0, 0.05) is 6.54 Å². The summed E-state index contributed by atoms with van der Waals surface area (Å²) in [6.07, 6.45) is 5.33. The molecule has 0 bridgehead atoms. The van der Waals surface area contributed by atoms with Crippen LogP contribution in [0.5, 0.6) is 0 Å². The predicted octanol–water partition coefficient (Wildman–Crippen LogP) is -0.354. The minimum atomic E-state index is -3.11. The summed E-state index contributed by atoms with van der Waals surface area (Å²) in [5.74, 6) is 0.554. The first kappa shape index (κ1) is 12.8. The van der Waals surface area contributed by atoms with Gasteiger partial charge in [-0.15, -0.1) is 10.2 Å². The lowest BCUT2D eigenvalue weighted by atomic mass is 10.4. The first-order valence-corrected chi connectivity index (χ1v) is 6.75. The minimum absolute atomic E-state index is 0.374. The molecule has 0 aliphatic rings. The van der Waals surface area contributed by atoms with Crippen molar-refractivity contribution < 1.29 is 8.42 Å². The maximum Gasteiger partial charge on any atom is 0.208 e. The smallest absolute Gasteiger partial charge is 0.208 e. The Bertz CT molecular complexity index is 451. The number of aryl methyl sites for hydroxylation is 1. The third-order valence-corrected chi connectivity index (χ3v) is 2.41. The van der Waals surface area contributed by atoms with Crippen LogP contribution >= 0.6 is 0 Å². The molecular formula is C8H15N5O2S. The Kier molecular flexibility index (Phi) is 4.56. The summed E-state index contributed by atoms with van der Waals surface area (Å²) in [6, 6.07) is 0. The highest BCUT2D eigenvalue weighted by Gasteiger charge is 2.01. The minimum Gasteiger partial charge on any atom is -0.215 e. The molecule has 0 saturated carbocycles. The third-order valence-electron chi connectivity index (χ3n) is 1.68. The van der Waals surface area contributed by atoms with Gasteiger partial charge in [0.1, 0.15) is 0 Å². The van der Waals surface area contributed by atoms with Gasteiger partial charge in [-0.3, -0.25) is 0 Å². The largest absolute Gasteiger partial charge is 0.215 e. The third kappa shape index (κ3) is 4.99. The van der Waals surface area contributed by atoms with Crippen LogP contribution in [0.15, 0.2) is 6.08 Å². The van der Waals surface area contributed by atoms with Gasteiger partial charge >= 0.3 is 0 Å². The normalized spacial score (nSPS) is 12.4. The van der Waals surface area contributed by atoms with Crippen LogP contribution in [0.3, 0.4) is 0 Å². The average molecular weight is 245 g/mol. The van der Waals surface area contributed by atoms with Gasteiger partial charge < -0.3 is 0 Å². The topological polar surface area (TPSA) is 89.8 Å². The van der Waals surface area contributed by atoms with E-state index in [1.54, 1.807) is 6.08 Å². The molecule has 0 amide bonds. The number of hydrogen-bond donors (Lipinski definition) is 1. The van der Waals surface area contributed by atoms with Crippen LogP contribution in [0, 0.1) is 0 Å². The molecule has 0 unspecified atom stereocenters. The van der Waals surface area contributed by atoms with E-state index >= 15 is 0 Å². The van der Waals surface area contributed by atoms with Gasteiger partial charge in [0.15, 0.2) is 5.82 Å². The van der Waals surface area contributed by atoms with Crippen molar-refractivity contribution >= 4 is 16.1 Å². The highest BCUT2D eigenvalue weighted by Crippen LogP contribution is 1.91. The van der Waals surface area contributed by atoms with Crippen molar-refractivity contribution in [3.8, 4) is 0 Å². The number of aromatic nitrogens is 4. The fraction of sp³-hybridized carbons (Fsp3) is 0.625. The fourth-order valence-electron chi connectivity index (χ4n) is 1.04. The maximum atomic E-state index is 10.8. The van der Waals surface area contributed by atoms with Crippen molar-refractivity contribution in [2.45, 2.75) is 19.9 Å². The van der Waals surface area contributed by atoms with Crippen molar-refractivity contribution in [1.82, 2.24) is 24.9 Å². The van der Waals surface area contributed by atoms with Crippen LogP contribution in [0.2, 0.25) is 0 Å². The molecule has 1 aromatic rings. The molecule has 1 aromatic heterocycles. The van der Waals surface area contributed by atoms with Gasteiger partial charge in [0.2, 0.25) is 10.0 Å². The van der Waals surface area contributed by atoms with Crippen molar-refractivity contribution in [2.75, 3.05) is 12.8 Å². The Labute approximate surface area is 94.6 Å². The van der Waals surface area contributed by atoms with Crippen LogP contribution < -0.4 is 4.72 Å². The number of allylic oxidation sites excluding steroid dienone is 1. The zero-order chi connectivity index (χ0) is 12.0. The van der Waals surface area contributed by atoms with Crippen LogP contribution in [-0.4, -0.2) is 41.4 Å². The van der Waals surface area contributed by atoms with Gasteiger partial charge in [0.05, 0.1) is 12.8 Å². The van der Waals surface area contributed by atoms with E-state index in [1.807, 2.05) is 13.0 Å². The summed E-state index contributed by atoms with van der Waals surface area (Å²) < 4.78 is 23.9. The monoisotopic (exact) mass is 245 g/mol. The second-order valence-electron chi connectivity index (χ2n) is 3.26. The van der Waals surface area contributed by atoms with E-state index in [9.17, 15) is 8.42 Å². The van der Waals surface area contributed by atoms with E-state index in [0.29, 0.717) is 25.3 Å². The number of hydrogen-bond acceptors (Lipinski definition) is 5. The molecule has 0 fully saturated rings. The van der Waals surface area contributed by atoms with E-state index in [0.717, 1.165) is 6.26 Å². The molecule has 0 aromatic carbocycles. The second kappa shape index (κ2) is 5.71. The molecule has 0 atom stereocenters. The molecule has 0 aliphatic carbocycles. The van der Waals surface area contributed by atoms with Crippen molar-refractivity contribution in [1.29, 1.82) is 0 Å². The van der Waals surface area contributed by atoms with Crippen LogP contribution in [0.4, 0.5) is 0 Å². The number of nitrogens with one attached hydrogen (secondary N) is 1. The van der Waals surface area contributed by atoms with Gasteiger partial charge in [-0.25, -0.2) is 13.1 Å². The Hall–Kier alpha value is -1.28. The lowest BCUT2D eigenvalue weighted by Crippen LogP contribution is -2.24. The van der Waals surface area contributed by atoms with Gasteiger partial charge in [-0.1, -0.05) is 6.08 Å². The fourth-order valence-corrected chi connectivity index (χ4v) is 1.56. The van der Waals surface area contributed by atoms with Gasteiger partial charge in [-0.2, -0.15) is 4.80 Å². The molecule has 7 nitrogen and oxygen atoms in total. The molecule has 90 valence electrons. The maximum absolute atomic E-state index is 10.8. The van der Waals surface area contributed by atoms with E-state index in [1.165, 1.54) is 4.80 Å². The molecule has 1 heterocycles. The standard InChI is InChI=1S/C8H15N5O2S/c1-3-5-8-10-12-13(11-8)7-4-6-9-16(2,14)15/h3,5,9H,4,6-7H2,1-2H3/b5-3+. The molecule has 1 N–H and O–H groups in total. The predicted molar refractivity (Wildman–Crippen MR) is 60.0 cm³/mol. The summed E-state index contributed by atoms with van der Waals surface area (Å²) in [7, 11) is -3.11. The lowest BCUT2D eigenvalue weighted by molar-refractivity contribution is 0.495. The number of rotatable bonds is 6. The highest BCUT2D eigenvalue weighted by atomic mass is 32.2. The molecule has 0 radical (unpaired) electrons. The van der Waals surface area contributed by atoms with Crippen molar-refractivity contribution in [2.24, 2.45) is 0 Å². The van der Waals surface area contributed by atoms with E-state index in [2.05, 4.69) is 20.1 Å². The summed E-state index contributed by atoms with van der Waals surface area (Å²) >= 11 is 0. The Balaban J connectivity index is 2.32. The number of tetrazole rings is 1. The van der Waals surface area contributed by atoms with Crippen molar-refractivity contribution in [3.05, 3.63) is 11.9 Å². The van der Waals surface area contributed by atoms with Gasteiger partial charge in [0.25, 0.3) is 0 Å². The summed E-state index contributed by atoms with van der Waals surface area (Å²) in [6.45, 7) is 2.78. The Morgan fingerprint density at radius 2 is 2.25 bits per heavy atom. The average Bonchev–Trinajstić information content (AvgIpc) is 2.60.